The maximum Gasteiger partial charge on any atom is 0.408 e. The summed E-state index contributed by atoms with van der Waals surface area (Å²) < 4.78 is 11.3. The monoisotopic (exact) mass is 685 g/mol. The van der Waals surface area contributed by atoms with Gasteiger partial charge >= 0.3 is 12.1 Å². The number of aromatic hydroxyl groups is 1. The molecule has 3 amide bonds. The number of amides is 3. The lowest BCUT2D eigenvalue weighted by molar-refractivity contribution is -0.159. The molecule has 268 valence electrons. The van der Waals surface area contributed by atoms with E-state index in [2.05, 4.69) is 10.6 Å². The van der Waals surface area contributed by atoms with Crippen molar-refractivity contribution in [3.05, 3.63) is 101 Å². The van der Waals surface area contributed by atoms with Crippen LogP contribution >= 0.6 is 0 Å². The van der Waals surface area contributed by atoms with Gasteiger partial charge in [-0.25, -0.2) is 9.59 Å². The molecule has 0 radical (unpaired) electrons. The first kappa shape index (κ1) is 38.0. The molecule has 3 atom stereocenters. The predicted octanol–water partition coefficient (Wildman–Crippen LogP) is 6.25. The van der Waals surface area contributed by atoms with Crippen LogP contribution in [0.25, 0.3) is 0 Å². The summed E-state index contributed by atoms with van der Waals surface area (Å²) in [5.41, 5.74) is 2.30. The highest BCUT2D eigenvalue weighted by atomic mass is 16.6. The van der Waals surface area contributed by atoms with Gasteiger partial charge in [0.05, 0.1) is 0 Å². The van der Waals surface area contributed by atoms with E-state index < -0.39 is 53.2 Å². The zero-order valence-corrected chi connectivity index (χ0v) is 30.4. The molecule has 50 heavy (non-hydrogen) atoms. The van der Waals surface area contributed by atoms with Gasteiger partial charge in [0, 0.05) is 18.9 Å². The predicted molar refractivity (Wildman–Crippen MR) is 191 cm³/mol. The molecule has 10 heteroatoms. The summed E-state index contributed by atoms with van der Waals surface area (Å²) in [6.45, 7) is 14.3. The second kappa shape index (κ2) is 15.8. The molecule has 4 rings (SSSR count). The molecule has 1 saturated carbocycles. The summed E-state index contributed by atoms with van der Waals surface area (Å²) in [6.07, 6.45) is 0.821. The number of hydrogen-bond acceptors (Lipinski definition) is 7. The van der Waals surface area contributed by atoms with E-state index in [0.717, 1.165) is 16.7 Å². The molecule has 0 saturated heterocycles. The normalized spacial score (nSPS) is 14.9. The van der Waals surface area contributed by atoms with Crippen LogP contribution < -0.4 is 10.6 Å². The van der Waals surface area contributed by atoms with Crippen molar-refractivity contribution in [2.45, 2.75) is 116 Å². The molecule has 3 aromatic carbocycles. The number of phenolic OH excluding ortho intramolecular Hbond substituents is 1. The van der Waals surface area contributed by atoms with Gasteiger partial charge in [0.1, 0.15) is 35.1 Å². The highest BCUT2D eigenvalue weighted by Gasteiger charge is 2.45. The molecule has 3 unspecified atom stereocenters. The Balaban J connectivity index is 1.77. The molecule has 0 aromatic heterocycles. The van der Waals surface area contributed by atoms with Crippen LogP contribution in [0, 0.1) is 13.8 Å². The average molecular weight is 686 g/mol. The van der Waals surface area contributed by atoms with Crippen LogP contribution in [-0.2, 0) is 36.7 Å². The molecule has 1 fully saturated rings. The van der Waals surface area contributed by atoms with Crippen LogP contribution in [0.3, 0.4) is 0 Å². The Hall–Kier alpha value is -4.86. The number of rotatable bonds is 12. The lowest BCUT2D eigenvalue weighted by Crippen LogP contribution is -2.56. The van der Waals surface area contributed by atoms with Crippen molar-refractivity contribution in [1.82, 2.24) is 15.5 Å². The number of phenols is 1. The molecule has 1 aliphatic rings. The van der Waals surface area contributed by atoms with Gasteiger partial charge in [0.2, 0.25) is 11.8 Å². The minimum atomic E-state index is -1.13. The fraction of sp³-hybridized carbons (Fsp3) is 0.450. The smallest absolute Gasteiger partial charge is 0.408 e. The van der Waals surface area contributed by atoms with Gasteiger partial charge in [-0.05, 0) is 103 Å². The van der Waals surface area contributed by atoms with Crippen molar-refractivity contribution < 1.29 is 33.8 Å². The summed E-state index contributed by atoms with van der Waals surface area (Å²) in [5, 5.41) is 15.6. The fourth-order valence-electron chi connectivity index (χ4n) is 5.78. The summed E-state index contributed by atoms with van der Waals surface area (Å²) in [7, 11) is 0. The number of esters is 1. The van der Waals surface area contributed by atoms with Gasteiger partial charge in [-0.1, -0.05) is 66.2 Å². The van der Waals surface area contributed by atoms with Crippen LogP contribution in [0.1, 0.15) is 88.2 Å². The van der Waals surface area contributed by atoms with Gasteiger partial charge < -0.3 is 30.1 Å². The van der Waals surface area contributed by atoms with Crippen LogP contribution in [-0.4, -0.2) is 63.2 Å². The van der Waals surface area contributed by atoms with E-state index in [0.29, 0.717) is 24.0 Å². The van der Waals surface area contributed by atoms with E-state index in [-0.39, 0.29) is 24.6 Å². The number of carbonyl (C=O) groups excluding carboxylic acids is 4. The van der Waals surface area contributed by atoms with Gasteiger partial charge in [-0.3, -0.25) is 9.59 Å². The molecule has 0 spiro atoms. The van der Waals surface area contributed by atoms with Crippen molar-refractivity contribution >= 4 is 23.9 Å². The number of alkyl carbamates (subject to hydrolysis) is 1. The number of ether oxygens (including phenoxy) is 2. The molecule has 1 aliphatic carbocycles. The lowest BCUT2D eigenvalue weighted by Gasteiger charge is -2.36. The number of aryl methyl sites for hydroxylation is 2. The van der Waals surface area contributed by atoms with Gasteiger partial charge in [-0.2, -0.15) is 0 Å². The Labute approximate surface area is 295 Å². The van der Waals surface area contributed by atoms with E-state index in [1.54, 1.807) is 58.6 Å². The zero-order valence-electron chi connectivity index (χ0n) is 30.4. The maximum absolute atomic E-state index is 14.8. The SMILES string of the molecule is Cc1ccc(C(C(=O)NC(Cc2ccccc2)C(=O)OC(C)(C)C)N(C(=O)C(Cc2ccc(O)cc2)NC(=O)OC(C)(C)C)C2CC2)c(C)c1. The highest BCUT2D eigenvalue weighted by Crippen LogP contribution is 2.37. The van der Waals surface area contributed by atoms with Crippen LogP contribution in [0.15, 0.2) is 72.8 Å². The second-order valence-corrected chi connectivity index (χ2v) is 15.1. The number of nitrogens with one attached hydrogen (secondary N) is 2. The molecule has 0 heterocycles. The van der Waals surface area contributed by atoms with Gasteiger partial charge in [0.15, 0.2) is 0 Å². The van der Waals surface area contributed by atoms with Crippen molar-refractivity contribution in [1.29, 1.82) is 0 Å². The van der Waals surface area contributed by atoms with Gasteiger partial charge in [0.25, 0.3) is 0 Å². The number of hydrogen-bond donors (Lipinski definition) is 3. The van der Waals surface area contributed by atoms with E-state index in [1.165, 1.54) is 12.1 Å². The molecular formula is C40H51N3O7. The Kier molecular flexibility index (Phi) is 12.0. The third kappa shape index (κ3) is 11.1. The summed E-state index contributed by atoms with van der Waals surface area (Å²) >= 11 is 0. The van der Waals surface area contributed by atoms with E-state index in [9.17, 15) is 24.3 Å². The summed E-state index contributed by atoms with van der Waals surface area (Å²) in [5.74, 6) is -1.53. The molecule has 3 aromatic rings. The topological polar surface area (TPSA) is 134 Å². The maximum atomic E-state index is 14.8. The number of nitrogens with zero attached hydrogens (tertiary/aromatic N) is 1. The first-order valence-corrected chi connectivity index (χ1v) is 17.1. The third-order valence-electron chi connectivity index (χ3n) is 8.10. The van der Waals surface area contributed by atoms with Gasteiger partial charge in [-0.15, -0.1) is 0 Å². The highest BCUT2D eigenvalue weighted by molar-refractivity contribution is 5.94. The molecular weight excluding hydrogens is 634 g/mol. The Morgan fingerprint density at radius 1 is 0.780 bits per heavy atom. The lowest BCUT2D eigenvalue weighted by atomic mass is 9.95. The van der Waals surface area contributed by atoms with Crippen LogP contribution in [0.2, 0.25) is 0 Å². The van der Waals surface area contributed by atoms with Crippen molar-refractivity contribution in [2.75, 3.05) is 0 Å². The Morgan fingerprint density at radius 3 is 1.92 bits per heavy atom. The minimum absolute atomic E-state index is 0.0676. The van der Waals surface area contributed by atoms with E-state index >= 15 is 0 Å². The second-order valence-electron chi connectivity index (χ2n) is 15.1. The standard InChI is InChI=1S/C40H51N3O7/c1-25-14-21-31(26(2)22-25)34(35(45)41-33(37(47)49-39(3,4)5)24-27-12-10-9-11-13-27)43(29-17-18-29)36(46)32(42-38(48)50-40(6,7)8)23-28-15-19-30(44)20-16-28/h9-16,19-22,29,32-34,44H,17-18,23-24H2,1-8H3,(H,41,45)(H,42,48). The molecule has 10 nitrogen and oxygen atoms in total. The van der Waals surface area contributed by atoms with E-state index in [4.69, 9.17) is 9.47 Å². The van der Waals surface area contributed by atoms with Crippen molar-refractivity contribution in [3.8, 4) is 5.75 Å². The first-order chi connectivity index (χ1) is 23.4. The van der Waals surface area contributed by atoms with E-state index in [1.807, 2.05) is 62.4 Å². The van der Waals surface area contributed by atoms with Crippen LogP contribution in [0.5, 0.6) is 5.75 Å². The zero-order chi connectivity index (χ0) is 36.8. The molecule has 0 aliphatic heterocycles. The number of benzene rings is 3. The van der Waals surface area contributed by atoms with Crippen molar-refractivity contribution in [2.24, 2.45) is 0 Å². The average Bonchev–Trinajstić information content (AvgIpc) is 3.84. The quantitative estimate of drug-likeness (QED) is 0.192. The Bertz CT molecular complexity index is 1650. The number of carbonyl (C=O) groups is 4. The largest absolute Gasteiger partial charge is 0.508 e. The first-order valence-electron chi connectivity index (χ1n) is 17.1. The fourth-order valence-corrected chi connectivity index (χ4v) is 5.78. The molecule has 3 N–H and O–H groups in total. The Morgan fingerprint density at radius 2 is 1.36 bits per heavy atom. The minimum Gasteiger partial charge on any atom is -0.508 e. The summed E-state index contributed by atoms with van der Waals surface area (Å²) in [4.78, 5) is 57.8. The molecule has 0 bridgehead atoms. The van der Waals surface area contributed by atoms with Crippen molar-refractivity contribution in [3.63, 3.8) is 0 Å². The third-order valence-corrected chi connectivity index (χ3v) is 8.10. The summed E-state index contributed by atoms with van der Waals surface area (Å²) in [6, 6.07) is 17.9. The van der Waals surface area contributed by atoms with Crippen LogP contribution in [0.4, 0.5) is 4.79 Å².